The van der Waals surface area contributed by atoms with Gasteiger partial charge in [0.2, 0.25) is 0 Å². The number of rotatable bonds is 4. The van der Waals surface area contributed by atoms with Gasteiger partial charge in [-0.2, -0.15) is 5.10 Å². The largest absolute Gasteiger partial charge is 0.478 e. The van der Waals surface area contributed by atoms with Crippen LogP contribution >= 0.6 is 22.6 Å². The van der Waals surface area contributed by atoms with Crippen molar-refractivity contribution in [3.05, 3.63) is 81.2 Å². The second-order valence-corrected chi connectivity index (χ2v) is 7.61. The zero-order valence-electron chi connectivity index (χ0n) is 15.3. The summed E-state index contributed by atoms with van der Waals surface area (Å²) >= 11 is 2.03. The highest BCUT2D eigenvalue weighted by molar-refractivity contribution is 14.1. The lowest BCUT2D eigenvalue weighted by molar-refractivity contribution is 0.0698. The Bertz CT molecular complexity index is 1270. The van der Waals surface area contributed by atoms with E-state index in [0.29, 0.717) is 17.1 Å². The number of carboxylic acids is 1. The van der Waals surface area contributed by atoms with E-state index in [4.69, 9.17) is 0 Å². The lowest BCUT2D eigenvalue weighted by Gasteiger charge is -2.09. The Morgan fingerprint density at radius 1 is 1.07 bits per heavy atom. The normalized spacial score (nSPS) is 10.8. The minimum absolute atomic E-state index is 0.0338. The smallest absolute Gasteiger partial charge is 0.337 e. The van der Waals surface area contributed by atoms with Gasteiger partial charge in [0, 0.05) is 8.96 Å². The number of amides is 1. The summed E-state index contributed by atoms with van der Waals surface area (Å²) in [6.07, 6.45) is 1.45. The van der Waals surface area contributed by atoms with Crippen LogP contribution in [0.2, 0.25) is 0 Å². The van der Waals surface area contributed by atoms with Crippen molar-refractivity contribution in [3.63, 3.8) is 0 Å². The number of para-hydroxylation sites is 1. The molecule has 0 atom stereocenters. The van der Waals surface area contributed by atoms with Crippen LogP contribution in [0.15, 0.2) is 60.8 Å². The maximum absolute atomic E-state index is 12.8. The Morgan fingerprint density at radius 2 is 1.86 bits per heavy atom. The first kappa shape index (κ1) is 19.1. The summed E-state index contributed by atoms with van der Waals surface area (Å²) in [5, 5.41) is 17.4. The highest BCUT2D eigenvalue weighted by Gasteiger charge is 2.19. The lowest BCUT2D eigenvalue weighted by Crippen LogP contribution is -2.16. The first-order valence-electron chi connectivity index (χ1n) is 8.69. The van der Waals surface area contributed by atoms with E-state index < -0.39 is 11.9 Å². The zero-order chi connectivity index (χ0) is 20.5. The third-order valence-electron chi connectivity index (χ3n) is 4.52. The van der Waals surface area contributed by atoms with Gasteiger partial charge in [-0.05, 0) is 65.9 Å². The van der Waals surface area contributed by atoms with Crippen molar-refractivity contribution in [1.82, 2.24) is 14.8 Å². The van der Waals surface area contributed by atoms with Gasteiger partial charge in [0.1, 0.15) is 0 Å². The number of carbonyl (C=O) groups excluding carboxylic acids is 1. The van der Waals surface area contributed by atoms with Crippen LogP contribution in [0.3, 0.4) is 0 Å². The second kappa shape index (κ2) is 7.63. The van der Waals surface area contributed by atoms with Crippen LogP contribution < -0.4 is 5.32 Å². The molecule has 0 fully saturated rings. The molecule has 0 bridgehead atoms. The van der Waals surface area contributed by atoms with E-state index in [1.54, 1.807) is 23.7 Å². The molecule has 29 heavy (non-hydrogen) atoms. The predicted molar refractivity (Wildman–Crippen MR) is 118 cm³/mol. The molecule has 0 spiro atoms. The molecule has 7 nitrogen and oxygen atoms in total. The fourth-order valence-corrected chi connectivity index (χ4v) is 3.52. The first-order valence-corrected chi connectivity index (χ1v) is 9.77. The Hall–Kier alpha value is -3.27. The van der Waals surface area contributed by atoms with E-state index in [0.717, 1.165) is 14.5 Å². The minimum Gasteiger partial charge on any atom is -0.478 e. The molecule has 2 heterocycles. The topological polar surface area (TPSA) is 97.1 Å². The quantitative estimate of drug-likeness (QED) is 0.410. The van der Waals surface area contributed by atoms with Gasteiger partial charge < -0.3 is 10.4 Å². The molecular weight excluding hydrogens is 483 g/mol. The van der Waals surface area contributed by atoms with Gasteiger partial charge in [0.15, 0.2) is 5.82 Å². The van der Waals surface area contributed by atoms with Crippen LogP contribution in [-0.2, 0) is 0 Å². The summed E-state index contributed by atoms with van der Waals surface area (Å²) in [6, 6.07) is 16.3. The van der Waals surface area contributed by atoms with Crippen LogP contribution in [0, 0.1) is 10.5 Å². The van der Waals surface area contributed by atoms with Gasteiger partial charge >= 0.3 is 5.97 Å². The molecule has 0 saturated heterocycles. The van der Waals surface area contributed by atoms with Crippen LogP contribution in [0.4, 0.5) is 5.69 Å². The number of carboxylic acid groups (broad SMARTS) is 1. The summed E-state index contributed by atoms with van der Waals surface area (Å²) in [5.41, 5.74) is 2.05. The van der Waals surface area contributed by atoms with E-state index in [1.165, 1.54) is 12.3 Å². The highest BCUT2D eigenvalue weighted by Crippen LogP contribution is 2.22. The zero-order valence-corrected chi connectivity index (χ0v) is 17.4. The Kier molecular flexibility index (Phi) is 5.01. The molecule has 1 amide bonds. The SMILES string of the molecule is Cc1c(C(=O)Nc2ccc(I)cc2C(=O)O)cnn1-c1ccc2ccccc2n1. The molecule has 144 valence electrons. The van der Waals surface area contributed by atoms with Gasteiger partial charge in [0.25, 0.3) is 5.91 Å². The van der Waals surface area contributed by atoms with Gasteiger partial charge in [-0.15, -0.1) is 0 Å². The molecule has 2 aromatic carbocycles. The average molecular weight is 498 g/mol. The number of halogens is 1. The number of nitrogens with zero attached hydrogens (tertiary/aromatic N) is 3. The Morgan fingerprint density at radius 3 is 2.66 bits per heavy atom. The van der Waals surface area contributed by atoms with Crippen LogP contribution in [0.1, 0.15) is 26.4 Å². The van der Waals surface area contributed by atoms with Gasteiger partial charge in [-0.3, -0.25) is 4.79 Å². The van der Waals surface area contributed by atoms with Crippen molar-refractivity contribution < 1.29 is 14.7 Å². The number of hydrogen-bond donors (Lipinski definition) is 2. The molecule has 0 aliphatic heterocycles. The summed E-state index contributed by atoms with van der Waals surface area (Å²) in [6.45, 7) is 1.77. The van der Waals surface area contributed by atoms with Crippen LogP contribution in [-0.4, -0.2) is 31.7 Å². The fourth-order valence-electron chi connectivity index (χ4n) is 3.03. The van der Waals surface area contributed by atoms with Gasteiger partial charge in [-0.25, -0.2) is 14.5 Å². The molecule has 0 aliphatic rings. The third kappa shape index (κ3) is 3.70. The summed E-state index contributed by atoms with van der Waals surface area (Å²) in [5.74, 6) is -0.939. The number of aromatic carboxylic acids is 1. The molecule has 4 rings (SSSR count). The van der Waals surface area contributed by atoms with E-state index in [1.807, 2.05) is 59.0 Å². The van der Waals surface area contributed by atoms with Crippen LogP contribution in [0.25, 0.3) is 16.7 Å². The molecular formula is C21H15IN4O3. The minimum atomic E-state index is -1.11. The average Bonchev–Trinajstić information content (AvgIpc) is 3.10. The second-order valence-electron chi connectivity index (χ2n) is 6.37. The van der Waals surface area contributed by atoms with Crippen molar-refractivity contribution >= 4 is 51.1 Å². The molecule has 4 aromatic rings. The maximum atomic E-state index is 12.8. The molecule has 2 N–H and O–H groups in total. The van der Waals surface area contributed by atoms with Crippen LogP contribution in [0.5, 0.6) is 0 Å². The Labute approximate surface area is 179 Å². The first-order chi connectivity index (χ1) is 13.9. The van der Waals surface area contributed by atoms with E-state index in [2.05, 4.69) is 15.4 Å². The molecule has 0 saturated carbocycles. The number of benzene rings is 2. The van der Waals surface area contributed by atoms with Crippen molar-refractivity contribution in [2.45, 2.75) is 6.92 Å². The summed E-state index contributed by atoms with van der Waals surface area (Å²) < 4.78 is 2.36. The lowest BCUT2D eigenvalue weighted by atomic mass is 10.1. The number of fused-ring (bicyclic) bond motifs is 1. The molecule has 0 unspecified atom stereocenters. The Balaban J connectivity index is 1.66. The molecule has 0 radical (unpaired) electrons. The predicted octanol–water partition coefficient (Wildman–Crippen LogP) is 4.28. The van der Waals surface area contributed by atoms with E-state index >= 15 is 0 Å². The molecule has 0 aliphatic carbocycles. The van der Waals surface area contributed by atoms with Gasteiger partial charge in [0.05, 0.1) is 34.2 Å². The summed E-state index contributed by atoms with van der Waals surface area (Å²) in [7, 11) is 0. The monoisotopic (exact) mass is 498 g/mol. The highest BCUT2D eigenvalue weighted by atomic mass is 127. The molecule has 2 aromatic heterocycles. The number of carbonyl (C=O) groups is 2. The van der Waals surface area contributed by atoms with Crippen molar-refractivity contribution in [2.24, 2.45) is 0 Å². The van der Waals surface area contributed by atoms with E-state index in [9.17, 15) is 14.7 Å². The van der Waals surface area contributed by atoms with E-state index in [-0.39, 0.29) is 11.3 Å². The molecule has 8 heteroatoms. The van der Waals surface area contributed by atoms with Crippen molar-refractivity contribution in [3.8, 4) is 5.82 Å². The number of hydrogen-bond acceptors (Lipinski definition) is 4. The number of aromatic nitrogens is 3. The number of pyridine rings is 1. The standard InChI is InChI=1S/C21H15IN4O3/c1-12-16(20(27)25-18-8-7-14(22)10-15(18)21(28)29)11-23-26(12)19-9-6-13-4-2-3-5-17(13)24-19/h2-11H,1H3,(H,25,27)(H,28,29). The maximum Gasteiger partial charge on any atom is 0.337 e. The summed E-state index contributed by atoms with van der Waals surface area (Å²) in [4.78, 5) is 28.8. The van der Waals surface area contributed by atoms with Gasteiger partial charge in [-0.1, -0.05) is 18.2 Å². The van der Waals surface area contributed by atoms with Crippen molar-refractivity contribution in [2.75, 3.05) is 5.32 Å². The van der Waals surface area contributed by atoms with Crippen molar-refractivity contribution in [1.29, 1.82) is 0 Å². The number of nitrogens with one attached hydrogen (secondary N) is 1. The fraction of sp³-hybridized carbons (Fsp3) is 0.0476. The number of anilines is 1. The third-order valence-corrected chi connectivity index (χ3v) is 5.19.